The van der Waals surface area contributed by atoms with E-state index in [9.17, 15) is 9.90 Å². The van der Waals surface area contributed by atoms with Crippen molar-refractivity contribution in [3.8, 4) is 11.5 Å². The van der Waals surface area contributed by atoms with Gasteiger partial charge in [-0.2, -0.15) is 11.8 Å². The third-order valence-corrected chi connectivity index (χ3v) is 3.39. The standard InChI is InChI=1S/C13H19NO3S/c1-3-18-8-4-7-14-13(16)11-9-10(17-2)5-6-12(11)15/h5-6,9,15H,3-4,7-8H2,1-2H3,(H,14,16). The summed E-state index contributed by atoms with van der Waals surface area (Å²) in [4.78, 5) is 11.8. The first-order chi connectivity index (χ1) is 8.69. The van der Waals surface area contributed by atoms with Crippen LogP contribution < -0.4 is 10.1 Å². The molecule has 0 aliphatic rings. The predicted octanol–water partition coefficient (Wildman–Crippen LogP) is 2.27. The maximum absolute atomic E-state index is 11.8. The lowest BCUT2D eigenvalue weighted by molar-refractivity contribution is 0.0951. The number of thioether (sulfide) groups is 1. The first kappa shape index (κ1) is 14.7. The molecule has 0 bridgehead atoms. The second-order valence-corrected chi connectivity index (χ2v) is 5.08. The maximum Gasteiger partial charge on any atom is 0.255 e. The second-order valence-electron chi connectivity index (χ2n) is 3.69. The Morgan fingerprint density at radius 1 is 1.50 bits per heavy atom. The van der Waals surface area contributed by atoms with Crippen LogP contribution in [-0.4, -0.2) is 36.2 Å². The van der Waals surface area contributed by atoms with Gasteiger partial charge in [-0.15, -0.1) is 0 Å². The molecule has 0 radical (unpaired) electrons. The minimum Gasteiger partial charge on any atom is -0.507 e. The maximum atomic E-state index is 11.8. The van der Waals surface area contributed by atoms with Crippen molar-refractivity contribution in [1.82, 2.24) is 5.32 Å². The first-order valence-electron chi connectivity index (χ1n) is 5.92. The topological polar surface area (TPSA) is 58.6 Å². The average Bonchev–Trinajstić information content (AvgIpc) is 2.39. The van der Waals surface area contributed by atoms with Crippen LogP contribution in [0.1, 0.15) is 23.7 Å². The van der Waals surface area contributed by atoms with E-state index in [4.69, 9.17) is 4.74 Å². The number of nitrogens with one attached hydrogen (secondary N) is 1. The van der Waals surface area contributed by atoms with Crippen molar-refractivity contribution in [2.45, 2.75) is 13.3 Å². The zero-order chi connectivity index (χ0) is 13.4. The molecule has 0 aliphatic heterocycles. The van der Waals surface area contributed by atoms with E-state index >= 15 is 0 Å². The minimum atomic E-state index is -0.270. The van der Waals surface area contributed by atoms with Crippen LogP contribution in [0.25, 0.3) is 0 Å². The van der Waals surface area contributed by atoms with Gasteiger partial charge < -0.3 is 15.2 Å². The Morgan fingerprint density at radius 3 is 2.94 bits per heavy atom. The third-order valence-electron chi connectivity index (χ3n) is 2.40. The molecule has 2 N–H and O–H groups in total. The highest BCUT2D eigenvalue weighted by Gasteiger charge is 2.11. The van der Waals surface area contributed by atoms with Gasteiger partial charge >= 0.3 is 0 Å². The van der Waals surface area contributed by atoms with Gasteiger partial charge in [0.05, 0.1) is 12.7 Å². The number of carbonyl (C=O) groups is 1. The number of methoxy groups -OCH3 is 1. The number of hydrogen-bond acceptors (Lipinski definition) is 4. The van der Waals surface area contributed by atoms with Crippen LogP contribution in [0.2, 0.25) is 0 Å². The Bertz CT molecular complexity index is 396. The van der Waals surface area contributed by atoms with E-state index in [1.165, 1.54) is 19.2 Å². The fourth-order valence-corrected chi connectivity index (χ4v) is 2.08. The van der Waals surface area contributed by atoms with E-state index in [1.54, 1.807) is 6.07 Å². The van der Waals surface area contributed by atoms with E-state index in [0.717, 1.165) is 17.9 Å². The van der Waals surface area contributed by atoms with Crippen molar-refractivity contribution in [1.29, 1.82) is 0 Å². The molecule has 0 heterocycles. The van der Waals surface area contributed by atoms with Gasteiger partial charge in [0, 0.05) is 6.54 Å². The fourth-order valence-electron chi connectivity index (χ4n) is 1.44. The average molecular weight is 269 g/mol. The molecule has 0 atom stereocenters. The largest absolute Gasteiger partial charge is 0.507 e. The molecule has 1 amide bonds. The predicted molar refractivity (Wildman–Crippen MR) is 74.6 cm³/mol. The van der Waals surface area contributed by atoms with E-state index in [0.29, 0.717) is 12.3 Å². The van der Waals surface area contributed by atoms with Gasteiger partial charge in [0.1, 0.15) is 11.5 Å². The van der Waals surface area contributed by atoms with Crippen molar-refractivity contribution in [2.75, 3.05) is 25.2 Å². The van der Waals surface area contributed by atoms with E-state index in [1.807, 2.05) is 11.8 Å². The number of phenols is 1. The summed E-state index contributed by atoms with van der Waals surface area (Å²) in [7, 11) is 1.52. The molecule has 0 aliphatic carbocycles. The van der Waals surface area contributed by atoms with Crippen LogP contribution in [0, 0.1) is 0 Å². The smallest absolute Gasteiger partial charge is 0.255 e. The van der Waals surface area contributed by atoms with E-state index in [2.05, 4.69) is 12.2 Å². The van der Waals surface area contributed by atoms with Crippen LogP contribution in [0.4, 0.5) is 0 Å². The summed E-state index contributed by atoms with van der Waals surface area (Å²) in [6, 6.07) is 4.61. The SMILES string of the molecule is CCSCCCNC(=O)c1cc(OC)ccc1O. The fraction of sp³-hybridized carbons (Fsp3) is 0.462. The Morgan fingerprint density at radius 2 is 2.28 bits per heavy atom. The van der Waals surface area contributed by atoms with Crippen molar-refractivity contribution >= 4 is 17.7 Å². The molecule has 5 heteroatoms. The highest BCUT2D eigenvalue weighted by molar-refractivity contribution is 7.99. The minimum absolute atomic E-state index is 0.0313. The Hall–Kier alpha value is -1.36. The lowest BCUT2D eigenvalue weighted by Gasteiger charge is -2.08. The lowest BCUT2D eigenvalue weighted by atomic mass is 10.1. The van der Waals surface area contributed by atoms with Crippen molar-refractivity contribution in [3.63, 3.8) is 0 Å². The number of carbonyl (C=O) groups excluding carboxylic acids is 1. The van der Waals surface area contributed by atoms with Gasteiger partial charge in [-0.3, -0.25) is 4.79 Å². The van der Waals surface area contributed by atoms with Crippen LogP contribution >= 0.6 is 11.8 Å². The van der Waals surface area contributed by atoms with Crippen molar-refractivity contribution in [3.05, 3.63) is 23.8 Å². The van der Waals surface area contributed by atoms with Gasteiger partial charge in [-0.05, 0) is 36.1 Å². The highest BCUT2D eigenvalue weighted by Crippen LogP contribution is 2.22. The molecular formula is C13H19NO3S. The zero-order valence-electron chi connectivity index (χ0n) is 10.7. The number of phenolic OH excluding ortho intramolecular Hbond substituents is 1. The molecule has 1 aromatic carbocycles. The molecule has 0 fully saturated rings. The van der Waals surface area contributed by atoms with Gasteiger partial charge in [-0.1, -0.05) is 6.92 Å². The third kappa shape index (κ3) is 4.49. The number of benzene rings is 1. The summed E-state index contributed by atoms with van der Waals surface area (Å²) in [5.41, 5.74) is 0.248. The monoisotopic (exact) mass is 269 g/mol. The van der Waals surface area contributed by atoms with Crippen LogP contribution in [-0.2, 0) is 0 Å². The van der Waals surface area contributed by atoms with Crippen LogP contribution in [0.5, 0.6) is 11.5 Å². The first-order valence-corrected chi connectivity index (χ1v) is 7.07. The Kier molecular flexibility index (Phi) is 6.43. The molecule has 0 aromatic heterocycles. The number of rotatable bonds is 7. The summed E-state index contributed by atoms with van der Waals surface area (Å²) in [5.74, 6) is 2.37. The van der Waals surface area contributed by atoms with E-state index in [-0.39, 0.29) is 17.2 Å². The van der Waals surface area contributed by atoms with Gasteiger partial charge in [-0.25, -0.2) is 0 Å². The summed E-state index contributed by atoms with van der Waals surface area (Å²) >= 11 is 1.84. The summed E-state index contributed by atoms with van der Waals surface area (Å²) in [5, 5.41) is 12.4. The van der Waals surface area contributed by atoms with Gasteiger partial charge in [0.15, 0.2) is 0 Å². The molecule has 1 rings (SSSR count). The quantitative estimate of drug-likeness (QED) is 0.746. The molecule has 0 saturated carbocycles. The summed E-state index contributed by atoms with van der Waals surface area (Å²) in [6.45, 7) is 2.72. The summed E-state index contributed by atoms with van der Waals surface area (Å²) in [6.07, 6.45) is 0.926. The van der Waals surface area contributed by atoms with Crippen molar-refractivity contribution < 1.29 is 14.6 Å². The number of ether oxygens (including phenoxy) is 1. The van der Waals surface area contributed by atoms with Crippen LogP contribution in [0.3, 0.4) is 0 Å². The number of hydrogen-bond donors (Lipinski definition) is 2. The van der Waals surface area contributed by atoms with Gasteiger partial charge in [0.25, 0.3) is 5.91 Å². The van der Waals surface area contributed by atoms with E-state index < -0.39 is 0 Å². The molecule has 0 unspecified atom stereocenters. The molecule has 18 heavy (non-hydrogen) atoms. The summed E-state index contributed by atoms with van der Waals surface area (Å²) < 4.78 is 5.02. The molecular weight excluding hydrogens is 250 g/mol. The second kappa shape index (κ2) is 7.87. The molecule has 100 valence electrons. The van der Waals surface area contributed by atoms with Crippen LogP contribution in [0.15, 0.2) is 18.2 Å². The normalized spacial score (nSPS) is 10.1. The van der Waals surface area contributed by atoms with Gasteiger partial charge in [0.2, 0.25) is 0 Å². The molecule has 1 aromatic rings. The Labute approximate surface area is 112 Å². The molecule has 4 nitrogen and oxygen atoms in total. The van der Waals surface area contributed by atoms with Crippen molar-refractivity contribution in [2.24, 2.45) is 0 Å². The lowest BCUT2D eigenvalue weighted by Crippen LogP contribution is -2.24. The zero-order valence-corrected chi connectivity index (χ0v) is 11.5. The molecule has 0 spiro atoms. The molecule has 0 saturated heterocycles. The number of aromatic hydroxyl groups is 1. The Balaban J connectivity index is 2.50. The number of amides is 1. The highest BCUT2D eigenvalue weighted by atomic mass is 32.2.